The van der Waals surface area contributed by atoms with Crippen molar-refractivity contribution in [2.24, 2.45) is 28.6 Å². The van der Waals surface area contributed by atoms with Gasteiger partial charge in [0, 0.05) is 23.8 Å². The summed E-state index contributed by atoms with van der Waals surface area (Å²) in [5.41, 5.74) is 0.643. The van der Waals surface area contributed by atoms with E-state index in [4.69, 9.17) is 0 Å². The first-order chi connectivity index (χ1) is 8.28. The van der Waals surface area contributed by atoms with E-state index in [0.717, 1.165) is 12.8 Å². The molecule has 3 nitrogen and oxygen atoms in total. The Balaban J connectivity index is 2.10. The molecule has 18 heavy (non-hydrogen) atoms. The van der Waals surface area contributed by atoms with Gasteiger partial charge in [-0.05, 0) is 29.6 Å². The van der Waals surface area contributed by atoms with Crippen LogP contribution in [0.15, 0.2) is 11.6 Å². The number of carboxylic acids is 1. The summed E-state index contributed by atoms with van der Waals surface area (Å²) >= 11 is 0. The third-order valence-electron chi connectivity index (χ3n) is 5.59. The van der Waals surface area contributed by atoms with Crippen LogP contribution in [-0.2, 0) is 9.59 Å². The highest BCUT2D eigenvalue weighted by Gasteiger charge is 2.66. The zero-order valence-electron chi connectivity index (χ0n) is 11.2. The minimum Gasteiger partial charge on any atom is -0.478 e. The molecule has 0 amide bonds. The fourth-order valence-corrected chi connectivity index (χ4v) is 5.01. The highest BCUT2D eigenvalue weighted by Crippen LogP contribution is 2.69. The number of aliphatic carboxylic acids is 1. The fraction of sp³-hybridized carbons (Fsp3) is 0.733. The van der Waals surface area contributed by atoms with Gasteiger partial charge in [0.15, 0.2) is 0 Å². The molecule has 0 aromatic heterocycles. The van der Waals surface area contributed by atoms with Crippen LogP contribution < -0.4 is 0 Å². The van der Waals surface area contributed by atoms with Crippen LogP contribution in [0, 0.1) is 28.6 Å². The van der Waals surface area contributed by atoms with E-state index >= 15 is 0 Å². The first kappa shape index (κ1) is 11.9. The van der Waals surface area contributed by atoms with E-state index < -0.39 is 5.97 Å². The summed E-state index contributed by atoms with van der Waals surface area (Å²) in [5, 5.41) is 9.34. The molecular formula is C15H20O3. The molecule has 1 N–H and O–H groups in total. The maximum absolute atomic E-state index is 12.1. The highest BCUT2D eigenvalue weighted by molar-refractivity contribution is 5.93. The number of allylic oxidation sites excluding steroid dienone is 1. The van der Waals surface area contributed by atoms with E-state index in [1.165, 1.54) is 0 Å². The minimum absolute atomic E-state index is 0.0161. The standard InChI is InChI=1S/C15H20O3/c1-8-12(16)5-11-10(13(17)18)4-9-6-14(2,3)7-15(8,9)11/h4,8-9,11H,5-7H2,1-3H3,(H,17,18)/t8-,9?,11?,15?/m1/s1. The number of carboxylic acid groups (broad SMARTS) is 1. The van der Waals surface area contributed by atoms with E-state index in [1.807, 2.05) is 13.0 Å². The average Bonchev–Trinajstić information content (AvgIpc) is 2.74. The van der Waals surface area contributed by atoms with Gasteiger partial charge in [0.25, 0.3) is 0 Å². The molecule has 3 aliphatic carbocycles. The maximum Gasteiger partial charge on any atom is 0.331 e. The zero-order valence-corrected chi connectivity index (χ0v) is 11.2. The molecule has 0 aromatic rings. The van der Waals surface area contributed by atoms with E-state index in [1.54, 1.807) is 0 Å². The lowest BCUT2D eigenvalue weighted by Gasteiger charge is -2.35. The number of carbonyl (C=O) groups excluding carboxylic acids is 1. The van der Waals surface area contributed by atoms with Gasteiger partial charge in [0.1, 0.15) is 5.78 Å². The van der Waals surface area contributed by atoms with Crippen molar-refractivity contribution in [1.29, 1.82) is 0 Å². The number of ketones is 1. The van der Waals surface area contributed by atoms with Crippen LogP contribution in [0.2, 0.25) is 0 Å². The molecule has 3 heteroatoms. The number of Topliss-reactive ketones (excluding diaryl/α,β-unsaturated/α-hetero) is 1. The molecule has 0 heterocycles. The summed E-state index contributed by atoms with van der Waals surface area (Å²) < 4.78 is 0. The number of carbonyl (C=O) groups is 2. The summed E-state index contributed by atoms with van der Waals surface area (Å²) in [6.07, 6.45) is 4.39. The van der Waals surface area contributed by atoms with Crippen LogP contribution in [0.25, 0.3) is 0 Å². The molecule has 0 aromatic carbocycles. The Labute approximate surface area is 107 Å². The van der Waals surface area contributed by atoms with Crippen molar-refractivity contribution >= 4 is 11.8 Å². The van der Waals surface area contributed by atoms with Crippen molar-refractivity contribution < 1.29 is 14.7 Å². The summed E-state index contributed by atoms with van der Waals surface area (Å²) in [5.74, 6) is -0.306. The van der Waals surface area contributed by atoms with Crippen LogP contribution in [-0.4, -0.2) is 16.9 Å². The first-order valence-corrected chi connectivity index (χ1v) is 6.76. The van der Waals surface area contributed by atoms with Gasteiger partial charge in [-0.15, -0.1) is 0 Å². The highest BCUT2D eigenvalue weighted by atomic mass is 16.4. The van der Waals surface area contributed by atoms with E-state index in [0.29, 0.717) is 12.0 Å². The van der Waals surface area contributed by atoms with Crippen molar-refractivity contribution in [1.82, 2.24) is 0 Å². The van der Waals surface area contributed by atoms with E-state index in [2.05, 4.69) is 13.8 Å². The van der Waals surface area contributed by atoms with Crippen LogP contribution >= 0.6 is 0 Å². The normalized spacial score (nSPS) is 44.7. The van der Waals surface area contributed by atoms with Crippen molar-refractivity contribution in [3.63, 3.8) is 0 Å². The molecule has 0 radical (unpaired) electrons. The Kier molecular flexibility index (Phi) is 2.16. The van der Waals surface area contributed by atoms with Gasteiger partial charge in [-0.1, -0.05) is 26.8 Å². The van der Waals surface area contributed by atoms with Gasteiger partial charge in [-0.25, -0.2) is 4.79 Å². The zero-order chi connectivity index (χ0) is 13.3. The van der Waals surface area contributed by atoms with Crippen molar-refractivity contribution in [3.8, 4) is 0 Å². The lowest BCUT2D eigenvalue weighted by molar-refractivity contribution is -0.133. The Morgan fingerprint density at radius 2 is 2.11 bits per heavy atom. The molecular weight excluding hydrogens is 228 g/mol. The molecule has 3 unspecified atom stereocenters. The molecule has 4 atom stereocenters. The van der Waals surface area contributed by atoms with Gasteiger partial charge >= 0.3 is 5.97 Å². The lowest BCUT2D eigenvalue weighted by atomic mass is 9.67. The van der Waals surface area contributed by atoms with Crippen molar-refractivity contribution in [2.45, 2.75) is 40.0 Å². The minimum atomic E-state index is -0.825. The molecule has 2 saturated carbocycles. The molecule has 3 aliphatic rings. The fourth-order valence-electron chi connectivity index (χ4n) is 5.01. The lowest BCUT2D eigenvalue weighted by Crippen LogP contribution is -2.33. The largest absolute Gasteiger partial charge is 0.478 e. The van der Waals surface area contributed by atoms with Crippen LogP contribution in [0.5, 0.6) is 0 Å². The molecule has 0 bridgehead atoms. The summed E-state index contributed by atoms with van der Waals surface area (Å²) in [7, 11) is 0. The van der Waals surface area contributed by atoms with E-state index in [9.17, 15) is 14.7 Å². The van der Waals surface area contributed by atoms with Crippen molar-refractivity contribution in [3.05, 3.63) is 11.6 Å². The smallest absolute Gasteiger partial charge is 0.331 e. The second-order valence-corrected chi connectivity index (χ2v) is 7.14. The summed E-state index contributed by atoms with van der Waals surface area (Å²) in [4.78, 5) is 23.5. The van der Waals surface area contributed by atoms with Crippen molar-refractivity contribution in [2.75, 3.05) is 0 Å². The Bertz CT molecular complexity index is 474. The van der Waals surface area contributed by atoms with E-state index in [-0.39, 0.29) is 34.4 Å². The van der Waals surface area contributed by atoms with Gasteiger partial charge in [0.2, 0.25) is 0 Å². The number of rotatable bonds is 1. The summed E-state index contributed by atoms with van der Waals surface area (Å²) in [6, 6.07) is 0. The third kappa shape index (κ3) is 1.25. The van der Waals surface area contributed by atoms with Gasteiger partial charge < -0.3 is 5.11 Å². The average molecular weight is 248 g/mol. The predicted molar refractivity (Wildman–Crippen MR) is 66.9 cm³/mol. The topological polar surface area (TPSA) is 54.4 Å². The quantitative estimate of drug-likeness (QED) is 0.776. The maximum atomic E-state index is 12.1. The molecule has 0 aliphatic heterocycles. The second kappa shape index (κ2) is 3.25. The Morgan fingerprint density at radius 3 is 2.72 bits per heavy atom. The third-order valence-corrected chi connectivity index (χ3v) is 5.59. The van der Waals surface area contributed by atoms with Crippen LogP contribution in [0.3, 0.4) is 0 Å². The predicted octanol–water partition coefficient (Wildman–Crippen LogP) is 2.66. The SMILES string of the molecule is C[C@@H]1C(=O)CC2C(C(=O)O)=CC3CC(C)(C)CC321. The second-order valence-electron chi connectivity index (χ2n) is 7.14. The molecule has 2 fully saturated rings. The molecule has 0 saturated heterocycles. The monoisotopic (exact) mass is 248 g/mol. The van der Waals surface area contributed by atoms with Gasteiger partial charge in [-0.3, -0.25) is 4.79 Å². The van der Waals surface area contributed by atoms with Crippen LogP contribution in [0.1, 0.15) is 40.0 Å². The molecule has 1 spiro atoms. The molecule has 98 valence electrons. The van der Waals surface area contributed by atoms with Gasteiger partial charge in [-0.2, -0.15) is 0 Å². The first-order valence-electron chi connectivity index (χ1n) is 6.76. The molecule has 3 rings (SSSR count). The Morgan fingerprint density at radius 1 is 1.44 bits per heavy atom. The van der Waals surface area contributed by atoms with Crippen LogP contribution in [0.4, 0.5) is 0 Å². The summed E-state index contributed by atoms with van der Waals surface area (Å²) in [6.45, 7) is 6.48. The Hall–Kier alpha value is -1.12. The van der Waals surface area contributed by atoms with Gasteiger partial charge in [0.05, 0.1) is 0 Å². The number of hydrogen-bond donors (Lipinski definition) is 1. The number of hydrogen-bond acceptors (Lipinski definition) is 2.